The number of H-pyrrole nitrogens is 1. The highest BCUT2D eigenvalue weighted by Gasteiger charge is 2.19. The Morgan fingerprint density at radius 3 is 2.12 bits per heavy atom. The number of benzene rings is 3. The Balaban J connectivity index is 1.41. The normalized spacial score (nSPS) is 14.5. The summed E-state index contributed by atoms with van der Waals surface area (Å²) in [5, 5.41) is 10.0. The van der Waals surface area contributed by atoms with Crippen LogP contribution >= 0.6 is 0 Å². The van der Waals surface area contributed by atoms with Gasteiger partial charge in [-0.3, -0.25) is 9.69 Å². The molecule has 0 spiro atoms. The minimum atomic E-state index is -0.133. The lowest BCUT2D eigenvalue weighted by Crippen LogP contribution is -2.48. The fourth-order valence-corrected chi connectivity index (χ4v) is 4.69. The van der Waals surface area contributed by atoms with E-state index in [0.29, 0.717) is 17.2 Å². The highest BCUT2D eigenvalue weighted by Crippen LogP contribution is 2.28. The number of nitrogens with zero attached hydrogens (tertiary/aromatic N) is 3. The molecule has 0 amide bonds. The molecule has 0 atom stereocenters. The predicted octanol–water partition coefficient (Wildman–Crippen LogP) is 5.26. The summed E-state index contributed by atoms with van der Waals surface area (Å²) < 4.78 is 0. The van der Waals surface area contributed by atoms with Gasteiger partial charge in [-0.2, -0.15) is 5.26 Å². The van der Waals surface area contributed by atoms with Gasteiger partial charge in [0.15, 0.2) is 0 Å². The molecule has 1 aliphatic heterocycles. The van der Waals surface area contributed by atoms with E-state index >= 15 is 0 Å². The maximum Gasteiger partial charge on any atom is 0.256 e. The van der Waals surface area contributed by atoms with Crippen molar-refractivity contribution in [2.24, 2.45) is 0 Å². The largest absolute Gasteiger partial charge is 0.369 e. The molecule has 170 valence electrons. The average molecular weight is 449 g/mol. The molecule has 5 rings (SSSR count). The zero-order chi connectivity index (χ0) is 23.7. The van der Waals surface area contributed by atoms with Crippen molar-refractivity contribution >= 4 is 16.6 Å². The molecule has 0 aliphatic carbocycles. The summed E-state index contributed by atoms with van der Waals surface area (Å²) in [7, 11) is 0. The van der Waals surface area contributed by atoms with Crippen molar-refractivity contribution in [2.45, 2.75) is 19.9 Å². The first-order valence-corrected chi connectivity index (χ1v) is 11.8. The van der Waals surface area contributed by atoms with Crippen LogP contribution in [-0.2, 0) is 0 Å². The van der Waals surface area contributed by atoms with Crippen molar-refractivity contribution in [1.29, 1.82) is 5.26 Å². The van der Waals surface area contributed by atoms with Crippen LogP contribution in [0.5, 0.6) is 0 Å². The molecule has 1 aliphatic rings. The minimum absolute atomic E-state index is 0.133. The fraction of sp³-hybridized carbons (Fsp3) is 0.241. The average Bonchev–Trinajstić information content (AvgIpc) is 2.88. The Morgan fingerprint density at radius 1 is 0.824 bits per heavy atom. The summed E-state index contributed by atoms with van der Waals surface area (Å²) in [5.74, 6) is 0. The number of aromatic nitrogens is 1. The Hall–Kier alpha value is -3.88. The predicted molar refractivity (Wildman–Crippen MR) is 139 cm³/mol. The van der Waals surface area contributed by atoms with Crippen molar-refractivity contribution < 1.29 is 0 Å². The monoisotopic (exact) mass is 448 g/mol. The number of aromatic amines is 1. The fourth-order valence-electron chi connectivity index (χ4n) is 4.69. The van der Waals surface area contributed by atoms with Crippen LogP contribution in [0.25, 0.3) is 33.2 Å². The number of fused-ring (bicyclic) bond motifs is 1. The van der Waals surface area contributed by atoms with Crippen LogP contribution in [0, 0.1) is 11.3 Å². The summed E-state index contributed by atoms with van der Waals surface area (Å²) in [6.07, 6.45) is 0. The quantitative estimate of drug-likeness (QED) is 0.462. The number of hydrogen-bond donors (Lipinski definition) is 1. The summed E-state index contributed by atoms with van der Waals surface area (Å²) in [4.78, 5) is 20.6. The number of anilines is 1. The van der Waals surface area contributed by atoms with Gasteiger partial charge in [-0.05, 0) is 78.4 Å². The smallest absolute Gasteiger partial charge is 0.256 e. The van der Waals surface area contributed by atoms with E-state index in [-0.39, 0.29) is 5.56 Å². The van der Waals surface area contributed by atoms with E-state index in [9.17, 15) is 4.79 Å². The maximum absolute atomic E-state index is 12.7. The van der Waals surface area contributed by atoms with Gasteiger partial charge < -0.3 is 9.88 Å². The highest BCUT2D eigenvalue weighted by molar-refractivity contribution is 5.88. The zero-order valence-corrected chi connectivity index (χ0v) is 19.6. The van der Waals surface area contributed by atoms with Gasteiger partial charge in [0.2, 0.25) is 0 Å². The summed E-state index contributed by atoms with van der Waals surface area (Å²) in [6, 6.07) is 26.7. The van der Waals surface area contributed by atoms with E-state index in [4.69, 9.17) is 5.26 Å². The lowest BCUT2D eigenvalue weighted by atomic mass is 10.00. The Morgan fingerprint density at radius 2 is 1.47 bits per heavy atom. The van der Waals surface area contributed by atoms with Gasteiger partial charge in [0.05, 0.1) is 11.6 Å². The van der Waals surface area contributed by atoms with Gasteiger partial charge in [-0.15, -0.1) is 0 Å². The molecule has 5 nitrogen and oxygen atoms in total. The van der Waals surface area contributed by atoms with Crippen LogP contribution in [-0.4, -0.2) is 42.1 Å². The number of pyridine rings is 1. The van der Waals surface area contributed by atoms with E-state index in [0.717, 1.165) is 53.8 Å². The number of rotatable bonds is 4. The van der Waals surface area contributed by atoms with Crippen molar-refractivity contribution in [3.05, 3.63) is 88.7 Å². The van der Waals surface area contributed by atoms with Crippen LogP contribution in [0.4, 0.5) is 5.69 Å². The summed E-state index contributed by atoms with van der Waals surface area (Å²) in [6.45, 7) is 8.83. The first-order valence-electron chi connectivity index (χ1n) is 11.8. The standard InChI is InChI=1S/C29H28N4O/c1-20(2)32-13-15-33(16-14-32)26-10-7-22(8-11-26)24-9-12-28-25(17-24)18-27(29(34)31-28)23-5-3-21(19-30)4-6-23/h3-12,17-18,20H,13-16H2,1-2H3,(H,31,34). The lowest BCUT2D eigenvalue weighted by Gasteiger charge is -2.38. The molecule has 1 N–H and O–H groups in total. The molecular formula is C29H28N4O. The molecule has 2 heterocycles. The molecule has 0 unspecified atom stereocenters. The second-order valence-corrected chi connectivity index (χ2v) is 9.17. The second-order valence-electron chi connectivity index (χ2n) is 9.17. The maximum atomic E-state index is 12.7. The molecule has 1 aromatic heterocycles. The van der Waals surface area contributed by atoms with Crippen molar-refractivity contribution in [2.75, 3.05) is 31.1 Å². The minimum Gasteiger partial charge on any atom is -0.369 e. The first kappa shape index (κ1) is 21.9. The molecule has 5 heteroatoms. The molecule has 1 fully saturated rings. The Labute approximate surface area is 199 Å². The van der Waals surface area contributed by atoms with Crippen LogP contribution in [0.15, 0.2) is 77.6 Å². The summed E-state index contributed by atoms with van der Waals surface area (Å²) >= 11 is 0. The first-order chi connectivity index (χ1) is 16.5. The van der Waals surface area contributed by atoms with Gasteiger partial charge in [0.1, 0.15) is 0 Å². The third-order valence-electron chi connectivity index (χ3n) is 6.78. The van der Waals surface area contributed by atoms with Gasteiger partial charge in [0.25, 0.3) is 5.56 Å². The molecule has 4 aromatic rings. The molecule has 1 saturated heterocycles. The number of nitriles is 1. The van der Waals surface area contributed by atoms with Gasteiger partial charge in [-0.25, -0.2) is 0 Å². The van der Waals surface area contributed by atoms with Crippen LogP contribution in [0.3, 0.4) is 0 Å². The van der Waals surface area contributed by atoms with Crippen LogP contribution < -0.4 is 10.5 Å². The van der Waals surface area contributed by atoms with E-state index in [1.54, 1.807) is 12.1 Å². The highest BCUT2D eigenvalue weighted by atomic mass is 16.1. The van der Waals surface area contributed by atoms with E-state index in [2.05, 4.69) is 71.1 Å². The third kappa shape index (κ3) is 4.33. The van der Waals surface area contributed by atoms with Crippen molar-refractivity contribution in [3.63, 3.8) is 0 Å². The van der Waals surface area contributed by atoms with Crippen molar-refractivity contribution in [3.8, 4) is 28.3 Å². The van der Waals surface area contributed by atoms with E-state index in [1.165, 1.54) is 5.69 Å². The molecule has 0 saturated carbocycles. The molecule has 34 heavy (non-hydrogen) atoms. The number of piperazine rings is 1. The van der Waals surface area contributed by atoms with E-state index in [1.807, 2.05) is 24.3 Å². The zero-order valence-electron chi connectivity index (χ0n) is 19.6. The van der Waals surface area contributed by atoms with Gasteiger partial charge in [-0.1, -0.05) is 30.3 Å². The second kappa shape index (κ2) is 9.17. The third-order valence-corrected chi connectivity index (χ3v) is 6.78. The molecular weight excluding hydrogens is 420 g/mol. The Kier molecular flexibility index (Phi) is 5.91. The van der Waals surface area contributed by atoms with E-state index < -0.39 is 0 Å². The molecule has 0 bridgehead atoms. The topological polar surface area (TPSA) is 63.1 Å². The van der Waals surface area contributed by atoms with Crippen LogP contribution in [0.1, 0.15) is 19.4 Å². The Bertz CT molecular complexity index is 1400. The lowest BCUT2D eigenvalue weighted by molar-refractivity contribution is 0.209. The van der Waals surface area contributed by atoms with Crippen LogP contribution in [0.2, 0.25) is 0 Å². The number of hydrogen-bond acceptors (Lipinski definition) is 4. The molecule has 0 radical (unpaired) electrons. The van der Waals surface area contributed by atoms with Crippen molar-refractivity contribution in [1.82, 2.24) is 9.88 Å². The van der Waals surface area contributed by atoms with Gasteiger partial charge >= 0.3 is 0 Å². The molecule has 3 aromatic carbocycles. The SMILES string of the molecule is CC(C)N1CCN(c2ccc(-c3ccc4[nH]c(=O)c(-c5ccc(C#N)cc5)cc4c3)cc2)CC1. The number of nitrogens with one attached hydrogen (secondary N) is 1. The summed E-state index contributed by atoms with van der Waals surface area (Å²) in [5.41, 5.74) is 6.19. The van der Waals surface area contributed by atoms with Gasteiger partial charge in [0, 0.05) is 49.0 Å².